The van der Waals surface area contributed by atoms with E-state index in [1.54, 1.807) is 22.7 Å². The van der Waals surface area contributed by atoms with Gasteiger partial charge < -0.3 is 20.1 Å². The third kappa shape index (κ3) is 4.60. The van der Waals surface area contributed by atoms with E-state index in [2.05, 4.69) is 17.2 Å². The Balaban J connectivity index is 2.14. The van der Waals surface area contributed by atoms with E-state index in [0.29, 0.717) is 11.4 Å². The number of rotatable bonds is 6. The molecule has 30 heavy (non-hydrogen) atoms. The van der Waals surface area contributed by atoms with Gasteiger partial charge in [0.25, 0.3) is 5.56 Å². The summed E-state index contributed by atoms with van der Waals surface area (Å²) in [6.45, 7) is 5.54. The number of amides is 1. The molecule has 0 bridgehead atoms. The fraction of sp³-hybridized carbons (Fsp3) is 0.167. The first kappa shape index (κ1) is 20.9. The van der Waals surface area contributed by atoms with Crippen LogP contribution in [0, 0.1) is 6.92 Å². The van der Waals surface area contributed by atoms with Crippen LogP contribution in [0.4, 0.5) is 22.7 Å². The molecule has 1 aromatic heterocycles. The first-order chi connectivity index (χ1) is 14.3. The molecular weight excluding hydrogens is 376 g/mol. The van der Waals surface area contributed by atoms with Crippen LogP contribution >= 0.6 is 0 Å². The standard InChI is InChI=1S/C24H26N4O2/c1-6-23(29)26-19-11-12-21(25-18-9-7-16(2)8-10-18)20(14-19)17-13-22(27(3)4)24(30)28(5)15-17/h6-15,25H,1H2,2-5H3,(H,26,29). The monoisotopic (exact) mass is 402 g/mol. The summed E-state index contributed by atoms with van der Waals surface area (Å²) in [5.41, 5.74) is 5.84. The molecule has 0 saturated carbocycles. The van der Waals surface area contributed by atoms with Crippen LogP contribution in [-0.4, -0.2) is 24.6 Å². The van der Waals surface area contributed by atoms with Crippen molar-refractivity contribution in [3.63, 3.8) is 0 Å². The van der Waals surface area contributed by atoms with Crippen molar-refractivity contribution >= 4 is 28.7 Å². The molecule has 1 heterocycles. The maximum atomic E-state index is 12.5. The van der Waals surface area contributed by atoms with Gasteiger partial charge in [-0.05, 0) is 49.4 Å². The number of nitrogens with one attached hydrogen (secondary N) is 2. The number of benzene rings is 2. The van der Waals surface area contributed by atoms with Crippen molar-refractivity contribution in [2.45, 2.75) is 6.92 Å². The highest BCUT2D eigenvalue weighted by atomic mass is 16.1. The Morgan fingerprint density at radius 3 is 2.37 bits per heavy atom. The third-order valence-corrected chi connectivity index (χ3v) is 4.76. The van der Waals surface area contributed by atoms with Gasteiger partial charge in [0.05, 0.1) is 0 Å². The molecule has 0 spiro atoms. The van der Waals surface area contributed by atoms with Crippen molar-refractivity contribution in [3.8, 4) is 11.1 Å². The van der Waals surface area contributed by atoms with E-state index in [4.69, 9.17) is 0 Å². The van der Waals surface area contributed by atoms with E-state index in [1.807, 2.05) is 69.6 Å². The highest BCUT2D eigenvalue weighted by molar-refractivity contribution is 6.00. The zero-order valence-corrected chi connectivity index (χ0v) is 17.7. The first-order valence-electron chi connectivity index (χ1n) is 9.58. The normalized spacial score (nSPS) is 10.4. The predicted molar refractivity (Wildman–Crippen MR) is 125 cm³/mol. The summed E-state index contributed by atoms with van der Waals surface area (Å²) in [5, 5.41) is 6.24. The lowest BCUT2D eigenvalue weighted by Crippen LogP contribution is -2.25. The smallest absolute Gasteiger partial charge is 0.273 e. The highest BCUT2D eigenvalue weighted by Gasteiger charge is 2.13. The van der Waals surface area contributed by atoms with Crippen LogP contribution in [-0.2, 0) is 11.8 Å². The molecule has 0 saturated heterocycles. The van der Waals surface area contributed by atoms with Crippen molar-refractivity contribution < 1.29 is 4.79 Å². The lowest BCUT2D eigenvalue weighted by molar-refractivity contribution is -0.111. The van der Waals surface area contributed by atoms with E-state index < -0.39 is 0 Å². The molecule has 0 aliphatic carbocycles. The van der Waals surface area contributed by atoms with Crippen molar-refractivity contribution in [2.75, 3.05) is 29.6 Å². The molecular formula is C24H26N4O2. The second-order valence-electron chi connectivity index (χ2n) is 7.37. The van der Waals surface area contributed by atoms with Gasteiger partial charge in [-0.1, -0.05) is 24.3 Å². The molecule has 0 aliphatic heterocycles. The van der Waals surface area contributed by atoms with Crippen LogP contribution in [0.2, 0.25) is 0 Å². The quantitative estimate of drug-likeness (QED) is 0.604. The van der Waals surface area contributed by atoms with E-state index >= 15 is 0 Å². The second kappa shape index (κ2) is 8.69. The SMILES string of the molecule is C=CC(=O)Nc1ccc(Nc2ccc(C)cc2)c(-c2cc(N(C)C)c(=O)n(C)c2)c1. The van der Waals surface area contributed by atoms with Gasteiger partial charge >= 0.3 is 0 Å². The lowest BCUT2D eigenvalue weighted by Gasteiger charge is -2.18. The number of pyridine rings is 1. The fourth-order valence-electron chi connectivity index (χ4n) is 3.12. The molecule has 6 heteroatoms. The number of anilines is 4. The zero-order valence-electron chi connectivity index (χ0n) is 17.7. The van der Waals surface area contributed by atoms with Gasteiger partial charge in [-0.25, -0.2) is 0 Å². The van der Waals surface area contributed by atoms with Crippen molar-refractivity contribution in [1.82, 2.24) is 4.57 Å². The number of aromatic nitrogens is 1. The number of hydrogen-bond donors (Lipinski definition) is 2. The molecule has 2 N–H and O–H groups in total. The van der Waals surface area contributed by atoms with Crippen molar-refractivity contribution in [1.29, 1.82) is 0 Å². The van der Waals surface area contributed by atoms with Gasteiger partial charge in [0.2, 0.25) is 5.91 Å². The van der Waals surface area contributed by atoms with Gasteiger partial charge in [-0.3, -0.25) is 9.59 Å². The summed E-state index contributed by atoms with van der Waals surface area (Å²) < 4.78 is 1.56. The molecule has 0 fully saturated rings. The van der Waals surface area contributed by atoms with Gasteiger partial charge in [0, 0.05) is 55.5 Å². The molecule has 1 amide bonds. The Kier molecular flexibility index (Phi) is 6.06. The van der Waals surface area contributed by atoms with Crippen LogP contribution in [0.15, 0.2) is 72.2 Å². The molecule has 3 aromatic rings. The summed E-state index contributed by atoms with van der Waals surface area (Å²) in [6, 6.07) is 15.6. The van der Waals surface area contributed by atoms with E-state index in [1.165, 1.54) is 11.6 Å². The summed E-state index contributed by atoms with van der Waals surface area (Å²) in [6.07, 6.45) is 3.03. The Hall–Kier alpha value is -3.80. The number of carbonyl (C=O) groups is 1. The molecule has 0 unspecified atom stereocenters. The van der Waals surface area contributed by atoms with Crippen LogP contribution in [0.5, 0.6) is 0 Å². The summed E-state index contributed by atoms with van der Waals surface area (Å²) in [4.78, 5) is 26.1. The van der Waals surface area contributed by atoms with Crippen molar-refractivity contribution in [3.05, 3.63) is 83.3 Å². The average molecular weight is 402 g/mol. The zero-order chi connectivity index (χ0) is 21.8. The fourth-order valence-corrected chi connectivity index (χ4v) is 3.12. The van der Waals surface area contributed by atoms with Crippen LogP contribution < -0.4 is 21.1 Å². The van der Waals surface area contributed by atoms with E-state index in [9.17, 15) is 9.59 Å². The number of hydrogen-bond acceptors (Lipinski definition) is 4. The van der Waals surface area contributed by atoms with E-state index in [-0.39, 0.29) is 11.5 Å². The van der Waals surface area contributed by atoms with Crippen LogP contribution in [0.1, 0.15) is 5.56 Å². The minimum absolute atomic E-state index is 0.0760. The molecule has 0 radical (unpaired) electrons. The number of carbonyl (C=O) groups excluding carboxylic acids is 1. The van der Waals surface area contributed by atoms with Crippen LogP contribution in [0.3, 0.4) is 0 Å². The average Bonchev–Trinajstić information content (AvgIpc) is 2.72. The Morgan fingerprint density at radius 2 is 1.73 bits per heavy atom. The van der Waals surface area contributed by atoms with Gasteiger partial charge in [0.1, 0.15) is 5.69 Å². The molecule has 6 nitrogen and oxygen atoms in total. The first-order valence-corrected chi connectivity index (χ1v) is 9.58. The number of aryl methyl sites for hydroxylation is 2. The highest BCUT2D eigenvalue weighted by Crippen LogP contribution is 2.34. The minimum atomic E-state index is -0.283. The summed E-state index contributed by atoms with van der Waals surface area (Å²) in [7, 11) is 5.41. The summed E-state index contributed by atoms with van der Waals surface area (Å²) in [5.74, 6) is -0.283. The maximum Gasteiger partial charge on any atom is 0.273 e. The largest absolute Gasteiger partial charge is 0.373 e. The second-order valence-corrected chi connectivity index (χ2v) is 7.37. The summed E-state index contributed by atoms with van der Waals surface area (Å²) >= 11 is 0. The Morgan fingerprint density at radius 1 is 1.07 bits per heavy atom. The number of nitrogens with zero attached hydrogens (tertiary/aromatic N) is 2. The van der Waals surface area contributed by atoms with Crippen LogP contribution in [0.25, 0.3) is 11.1 Å². The topological polar surface area (TPSA) is 66.4 Å². The Labute approximate surface area is 176 Å². The predicted octanol–water partition coefficient (Wildman–Crippen LogP) is 4.29. The third-order valence-electron chi connectivity index (χ3n) is 4.76. The molecule has 3 rings (SSSR count). The molecule has 0 atom stereocenters. The van der Waals surface area contributed by atoms with Gasteiger partial charge in [0.15, 0.2) is 0 Å². The molecule has 2 aromatic carbocycles. The van der Waals surface area contributed by atoms with Crippen molar-refractivity contribution in [2.24, 2.45) is 7.05 Å². The Bertz CT molecular complexity index is 1140. The van der Waals surface area contributed by atoms with Gasteiger partial charge in [-0.15, -0.1) is 0 Å². The van der Waals surface area contributed by atoms with E-state index in [0.717, 1.165) is 22.5 Å². The van der Waals surface area contributed by atoms with Gasteiger partial charge in [-0.2, -0.15) is 0 Å². The maximum absolute atomic E-state index is 12.5. The molecule has 0 aliphatic rings. The minimum Gasteiger partial charge on any atom is -0.373 e. The molecule has 154 valence electrons. The lowest BCUT2D eigenvalue weighted by atomic mass is 10.0.